The number of anilines is 3. The van der Waals surface area contributed by atoms with E-state index in [1.54, 1.807) is 6.20 Å². The predicted molar refractivity (Wildman–Crippen MR) is 96.7 cm³/mol. The smallest absolute Gasteiger partial charge is 0.251 e. The van der Waals surface area contributed by atoms with E-state index in [-0.39, 0.29) is 0 Å². The average Bonchev–Trinajstić information content (AvgIpc) is 2.90. The lowest BCUT2D eigenvalue weighted by atomic mass is 10.0. The fraction of sp³-hybridized carbons (Fsp3) is 0.526. The molecule has 1 aliphatic carbocycles. The van der Waals surface area contributed by atoms with Gasteiger partial charge >= 0.3 is 0 Å². The van der Waals surface area contributed by atoms with Crippen molar-refractivity contribution in [2.75, 3.05) is 16.8 Å². The highest BCUT2D eigenvalue weighted by Gasteiger charge is 2.21. The lowest BCUT2D eigenvalue weighted by molar-refractivity contribution is 0.616. The van der Waals surface area contributed by atoms with Gasteiger partial charge in [0, 0.05) is 18.3 Å². The minimum Gasteiger partial charge on any atom is -0.366 e. The second-order valence-electron chi connectivity index (χ2n) is 6.86. The molecule has 4 rings (SSSR count). The molecular weight excluding hydrogens is 298 g/mol. The first-order valence-corrected chi connectivity index (χ1v) is 9.22. The topological polar surface area (TPSA) is 53.9 Å². The molecule has 0 spiro atoms. The number of hydrogen-bond donors (Lipinski definition) is 1. The Hall–Kier alpha value is -2.17. The van der Waals surface area contributed by atoms with E-state index in [9.17, 15) is 0 Å². The minimum atomic E-state index is 0.519. The van der Waals surface area contributed by atoms with Crippen molar-refractivity contribution in [3.8, 4) is 0 Å². The highest BCUT2D eigenvalue weighted by molar-refractivity contribution is 5.63. The Kier molecular flexibility index (Phi) is 4.58. The molecule has 0 bridgehead atoms. The van der Waals surface area contributed by atoms with Crippen molar-refractivity contribution in [1.82, 2.24) is 15.2 Å². The SMILES string of the molecule is c1ccc2c(c1)CCCN2c1nncc(NC2CCCCCC2)n1. The number of nitrogens with zero attached hydrogens (tertiary/aromatic N) is 4. The molecule has 1 aromatic carbocycles. The molecule has 126 valence electrons. The maximum absolute atomic E-state index is 4.76. The van der Waals surface area contributed by atoms with Gasteiger partial charge in [0.1, 0.15) is 0 Å². The summed E-state index contributed by atoms with van der Waals surface area (Å²) in [5.41, 5.74) is 2.59. The quantitative estimate of drug-likeness (QED) is 0.862. The van der Waals surface area contributed by atoms with Crippen molar-refractivity contribution >= 4 is 17.5 Å². The van der Waals surface area contributed by atoms with Crippen LogP contribution in [-0.2, 0) is 6.42 Å². The molecule has 1 saturated carbocycles. The lowest BCUT2D eigenvalue weighted by Crippen LogP contribution is -2.27. The Labute approximate surface area is 143 Å². The fourth-order valence-electron chi connectivity index (χ4n) is 3.85. The normalized spacial score (nSPS) is 18.8. The Morgan fingerprint density at radius 3 is 2.71 bits per heavy atom. The Bertz CT molecular complexity index is 679. The zero-order valence-electron chi connectivity index (χ0n) is 14.1. The van der Waals surface area contributed by atoms with Crippen LogP contribution in [0, 0.1) is 0 Å². The fourth-order valence-corrected chi connectivity index (χ4v) is 3.85. The van der Waals surface area contributed by atoms with E-state index in [1.807, 2.05) is 0 Å². The van der Waals surface area contributed by atoms with Crippen LogP contribution in [0.2, 0.25) is 0 Å². The molecule has 1 N–H and O–H groups in total. The van der Waals surface area contributed by atoms with E-state index < -0.39 is 0 Å². The maximum Gasteiger partial charge on any atom is 0.251 e. The molecule has 0 saturated heterocycles. The van der Waals surface area contributed by atoms with Crippen LogP contribution in [0.15, 0.2) is 30.5 Å². The van der Waals surface area contributed by atoms with Crippen LogP contribution in [0.1, 0.15) is 50.5 Å². The Balaban J connectivity index is 1.55. The lowest BCUT2D eigenvalue weighted by Gasteiger charge is -2.29. The van der Waals surface area contributed by atoms with Crippen molar-refractivity contribution in [1.29, 1.82) is 0 Å². The highest BCUT2D eigenvalue weighted by Crippen LogP contribution is 2.31. The van der Waals surface area contributed by atoms with Gasteiger partial charge in [0.2, 0.25) is 0 Å². The summed E-state index contributed by atoms with van der Waals surface area (Å²) in [6.45, 7) is 0.950. The summed E-state index contributed by atoms with van der Waals surface area (Å²) >= 11 is 0. The molecule has 0 amide bonds. The van der Waals surface area contributed by atoms with Crippen molar-refractivity contribution < 1.29 is 0 Å². The minimum absolute atomic E-state index is 0.519. The number of rotatable bonds is 3. The van der Waals surface area contributed by atoms with Gasteiger partial charge in [-0.3, -0.25) is 0 Å². The number of para-hydroxylation sites is 1. The van der Waals surface area contributed by atoms with Crippen LogP contribution in [-0.4, -0.2) is 27.8 Å². The number of aryl methyl sites for hydroxylation is 1. The first-order chi connectivity index (χ1) is 11.9. The van der Waals surface area contributed by atoms with Crippen LogP contribution < -0.4 is 10.2 Å². The van der Waals surface area contributed by atoms with Crippen LogP contribution >= 0.6 is 0 Å². The van der Waals surface area contributed by atoms with Gasteiger partial charge in [0.25, 0.3) is 5.95 Å². The second kappa shape index (κ2) is 7.16. The van der Waals surface area contributed by atoms with Crippen molar-refractivity contribution in [3.05, 3.63) is 36.0 Å². The van der Waals surface area contributed by atoms with Gasteiger partial charge < -0.3 is 10.2 Å². The van der Waals surface area contributed by atoms with E-state index in [4.69, 9.17) is 4.98 Å². The summed E-state index contributed by atoms with van der Waals surface area (Å²) in [5, 5.41) is 12.1. The largest absolute Gasteiger partial charge is 0.366 e. The van der Waals surface area contributed by atoms with Gasteiger partial charge in [-0.2, -0.15) is 10.1 Å². The van der Waals surface area contributed by atoms with Gasteiger partial charge in [-0.05, 0) is 37.3 Å². The van der Waals surface area contributed by atoms with Gasteiger partial charge in [-0.15, -0.1) is 5.10 Å². The number of fused-ring (bicyclic) bond motifs is 1. The summed E-state index contributed by atoms with van der Waals surface area (Å²) in [6, 6.07) is 9.06. The van der Waals surface area contributed by atoms with Crippen LogP contribution in [0.4, 0.5) is 17.5 Å². The number of nitrogens with one attached hydrogen (secondary N) is 1. The van der Waals surface area contributed by atoms with Crippen molar-refractivity contribution in [2.24, 2.45) is 0 Å². The van der Waals surface area contributed by atoms with Gasteiger partial charge in [0.05, 0.1) is 6.20 Å². The first-order valence-electron chi connectivity index (χ1n) is 9.22. The Morgan fingerprint density at radius 1 is 1.00 bits per heavy atom. The van der Waals surface area contributed by atoms with E-state index in [0.717, 1.165) is 25.2 Å². The molecule has 0 atom stereocenters. The van der Waals surface area contributed by atoms with E-state index >= 15 is 0 Å². The molecule has 2 aromatic rings. The molecule has 0 radical (unpaired) electrons. The monoisotopic (exact) mass is 323 g/mol. The van der Waals surface area contributed by atoms with Gasteiger partial charge in [-0.1, -0.05) is 43.9 Å². The molecular formula is C19H25N5. The third-order valence-electron chi connectivity index (χ3n) is 5.11. The number of hydrogen-bond acceptors (Lipinski definition) is 5. The predicted octanol–water partition coefficient (Wildman–Crippen LogP) is 4.09. The molecule has 2 aliphatic rings. The van der Waals surface area contributed by atoms with Crippen molar-refractivity contribution in [2.45, 2.75) is 57.4 Å². The third kappa shape index (κ3) is 3.35. The molecule has 0 unspecified atom stereocenters. The zero-order chi connectivity index (χ0) is 16.2. The van der Waals surface area contributed by atoms with Gasteiger partial charge in [0.15, 0.2) is 5.82 Å². The summed E-state index contributed by atoms with van der Waals surface area (Å²) < 4.78 is 0. The van der Waals surface area contributed by atoms with Crippen molar-refractivity contribution in [3.63, 3.8) is 0 Å². The number of aromatic nitrogens is 3. The summed E-state index contributed by atoms with van der Waals surface area (Å²) in [4.78, 5) is 6.96. The van der Waals surface area contributed by atoms with E-state index in [2.05, 4.69) is 44.7 Å². The molecule has 2 heterocycles. The van der Waals surface area contributed by atoms with Crippen LogP contribution in [0.3, 0.4) is 0 Å². The maximum atomic E-state index is 4.76. The number of benzene rings is 1. The summed E-state index contributed by atoms with van der Waals surface area (Å²) in [5.74, 6) is 1.57. The highest BCUT2D eigenvalue weighted by atomic mass is 15.3. The molecule has 1 aromatic heterocycles. The average molecular weight is 323 g/mol. The molecule has 1 aliphatic heterocycles. The van der Waals surface area contributed by atoms with E-state index in [0.29, 0.717) is 12.0 Å². The summed E-state index contributed by atoms with van der Waals surface area (Å²) in [7, 11) is 0. The molecule has 1 fully saturated rings. The van der Waals surface area contributed by atoms with Gasteiger partial charge in [-0.25, -0.2) is 0 Å². The molecule has 5 nitrogen and oxygen atoms in total. The molecule has 24 heavy (non-hydrogen) atoms. The zero-order valence-corrected chi connectivity index (χ0v) is 14.1. The third-order valence-corrected chi connectivity index (χ3v) is 5.11. The van der Waals surface area contributed by atoms with Crippen LogP contribution in [0.25, 0.3) is 0 Å². The van der Waals surface area contributed by atoms with Crippen LogP contribution in [0.5, 0.6) is 0 Å². The standard InChI is InChI=1S/C19H25N5/c1-2-4-11-16(10-3-1)21-18-14-20-23-19(22-18)24-13-7-9-15-8-5-6-12-17(15)24/h5-6,8,12,14,16H,1-4,7,9-11,13H2,(H,21,22,23). The van der Waals surface area contributed by atoms with E-state index in [1.165, 1.54) is 49.8 Å². The second-order valence-corrected chi connectivity index (χ2v) is 6.86. The Morgan fingerprint density at radius 2 is 1.83 bits per heavy atom. The summed E-state index contributed by atoms with van der Waals surface area (Å²) in [6.07, 6.45) is 11.8. The molecule has 5 heteroatoms. The first kappa shape index (κ1) is 15.4.